The first kappa shape index (κ1) is 14.6. The van der Waals surface area contributed by atoms with Crippen LogP contribution < -0.4 is 5.32 Å². The summed E-state index contributed by atoms with van der Waals surface area (Å²) in [6, 6.07) is 2.76. The largest absolute Gasteiger partial charge is 0.306 e. The molecule has 2 nitrogen and oxygen atoms in total. The molecule has 0 aromatic heterocycles. The van der Waals surface area contributed by atoms with Crippen molar-refractivity contribution in [3.05, 3.63) is 12.2 Å². The Morgan fingerprint density at radius 3 is 2.20 bits per heavy atom. The zero-order valence-corrected chi connectivity index (χ0v) is 13.2. The van der Waals surface area contributed by atoms with Crippen molar-refractivity contribution in [2.45, 2.75) is 95.3 Å². The predicted octanol–water partition coefficient (Wildman–Crippen LogP) is 3.87. The SMILES string of the molecule is C=C1CN(C2CCCCC2)[C@@H](C)[C@H]1NC1CCCCC1. The van der Waals surface area contributed by atoms with Gasteiger partial charge in [-0.15, -0.1) is 0 Å². The lowest BCUT2D eigenvalue weighted by molar-refractivity contribution is 0.139. The molecular weight excluding hydrogens is 244 g/mol. The summed E-state index contributed by atoms with van der Waals surface area (Å²) in [5.74, 6) is 0. The standard InChI is InChI=1S/C18H32N2/c1-14-13-20(17-11-7-4-8-12-17)15(2)18(14)19-16-9-5-3-6-10-16/h15-19H,1,3-13H2,2H3/t15-,18-/m0/s1. The molecule has 1 heterocycles. The van der Waals surface area contributed by atoms with Gasteiger partial charge in [-0.1, -0.05) is 45.1 Å². The van der Waals surface area contributed by atoms with E-state index in [1.807, 2.05) is 0 Å². The van der Waals surface area contributed by atoms with Crippen LogP contribution in [0.5, 0.6) is 0 Å². The van der Waals surface area contributed by atoms with Crippen LogP contribution in [0.4, 0.5) is 0 Å². The molecule has 0 unspecified atom stereocenters. The highest BCUT2D eigenvalue weighted by Crippen LogP contribution is 2.32. The second-order valence-corrected chi connectivity index (χ2v) is 7.34. The summed E-state index contributed by atoms with van der Waals surface area (Å²) in [7, 11) is 0. The van der Waals surface area contributed by atoms with Gasteiger partial charge in [-0.05, 0) is 38.2 Å². The van der Waals surface area contributed by atoms with Crippen LogP contribution in [0, 0.1) is 0 Å². The van der Waals surface area contributed by atoms with Crippen LogP contribution in [0.3, 0.4) is 0 Å². The van der Waals surface area contributed by atoms with E-state index >= 15 is 0 Å². The third-order valence-electron chi connectivity index (χ3n) is 5.90. The highest BCUT2D eigenvalue weighted by Gasteiger charge is 2.38. The summed E-state index contributed by atoms with van der Waals surface area (Å²) in [5, 5.41) is 3.95. The van der Waals surface area contributed by atoms with E-state index in [2.05, 4.69) is 23.7 Å². The zero-order chi connectivity index (χ0) is 13.9. The molecule has 2 heteroatoms. The van der Waals surface area contributed by atoms with Gasteiger partial charge in [0.2, 0.25) is 0 Å². The smallest absolute Gasteiger partial charge is 0.0446 e. The molecular formula is C18H32N2. The zero-order valence-electron chi connectivity index (χ0n) is 13.2. The number of nitrogens with zero attached hydrogens (tertiary/aromatic N) is 1. The maximum Gasteiger partial charge on any atom is 0.0446 e. The lowest BCUT2D eigenvalue weighted by Gasteiger charge is -2.36. The van der Waals surface area contributed by atoms with Gasteiger partial charge in [-0.3, -0.25) is 4.90 Å². The minimum Gasteiger partial charge on any atom is -0.306 e. The molecule has 114 valence electrons. The van der Waals surface area contributed by atoms with Crippen LogP contribution in [0.1, 0.15) is 71.1 Å². The van der Waals surface area contributed by atoms with Crippen molar-refractivity contribution in [2.75, 3.05) is 6.54 Å². The van der Waals surface area contributed by atoms with Crippen LogP contribution in [-0.4, -0.2) is 35.6 Å². The second-order valence-electron chi connectivity index (χ2n) is 7.34. The molecule has 2 atom stereocenters. The third kappa shape index (κ3) is 3.12. The van der Waals surface area contributed by atoms with Gasteiger partial charge in [-0.25, -0.2) is 0 Å². The molecule has 3 aliphatic rings. The highest BCUT2D eigenvalue weighted by atomic mass is 15.2. The Kier molecular flexibility index (Phi) is 4.83. The first-order valence-corrected chi connectivity index (χ1v) is 8.95. The molecule has 1 N–H and O–H groups in total. The van der Waals surface area contributed by atoms with E-state index in [4.69, 9.17) is 0 Å². The first-order chi connectivity index (χ1) is 9.75. The molecule has 20 heavy (non-hydrogen) atoms. The summed E-state index contributed by atoms with van der Waals surface area (Å²) in [6.45, 7) is 7.95. The van der Waals surface area contributed by atoms with E-state index in [1.165, 1.54) is 69.8 Å². The molecule has 1 aliphatic heterocycles. The fourth-order valence-electron chi connectivity index (χ4n) is 4.66. The molecule has 0 spiro atoms. The average molecular weight is 276 g/mol. The Hall–Kier alpha value is -0.340. The van der Waals surface area contributed by atoms with E-state index in [9.17, 15) is 0 Å². The van der Waals surface area contributed by atoms with Gasteiger partial charge in [0.05, 0.1) is 0 Å². The molecule has 2 aliphatic carbocycles. The highest BCUT2D eigenvalue weighted by molar-refractivity contribution is 5.19. The van der Waals surface area contributed by atoms with Gasteiger partial charge in [0.25, 0.3) is 0 Å². The van der Waals surface area contributed by atoms with Gasteiger partial charge < -0.3 is 5.32 Å². The molecule has 2 saturated carbocycles. The number of likely N-dealkylation sites (tertiary alicyclic amines) is 1. The quantitative estimate of drug-likeness (QED) is 0.787. The monoisotopic (exact) mass is 276 g/mol. The fourth-order valence-corrected chi connectivity index (χ4v) is 4.66. The Labute approximate surface area is 125 Å². The molecule has 0 radical (unpaired) electrons. The van der Waals surface area contributed by atoms with Crippen molar-refractivity contribution in [2.24, 2.45) is 0 Å². The Balaban J connectivity index is 1.59. The van der Waals surface area contributed by atoms with Gasteiger partial charge in [0.1, 0.15) is 0 Å². The van der Waals surface area contributed by atoms with E-state index < -0.39 is 0 Å². The topological polar surface area (TPSA) is 15.3 Å². The number of rotatable bonds is 3. The van der Waals surface area contributed by atoms with Crippen molar-refractivity contribution in [3.8, 4) is 0 Å². The van der Waals surface area contributed by atoms with Crippen LogP contribution in [0.2, 0.25) is 0 Å². The van der Waals surface area contributed by atoms with Crippen molar-refractivity contribution < 1.29 is 0 Å². The number of hydrogen-bond donors (Lipinski definition) is 1. The lowest BCUT2D eigenvalue weighted by Crippen LogP contribution is -2.48. The fraction of sp³-hybridized carbons (Fsp3) is 0.889. The van der Waals surface area contributed by atoms with E-state index in [-0.39, 0.29) is 0 Å². The molecule has 0 aromatic carbocycles. The Morgan fingerprint density at radius 2 is 1.55 bits per heavy atom. The molecule has 0 aromatic rings. The summed E-state index contributed by atoms with van der Waals surface area (Å²) in [4.78, 5) is 2.75. The van der Waals surface area contributed by atoms with Crippen LogP contribution >= 0.6 is 0 Å². The maximum absolute atomic E-state index is 4.39. The first-order valence-electron chi connectivity index (χ1n) is 8.95. The number of nitrogens with one attached hydrogen (secondary N) is 1. The summed E-state index contributed by atoms with van der Waals surface area (Å²) >= 11 is 0. The number of hydrogen-bond acceptors (Lipinski definition) is 2. The minimum absolute atomic E-state index is 0.542. The molecule has 0 bridgehead atoms. The van der Waals surface area contributed by atoms with Crippen LogP contribution in [0.25, 0.3) is 0 Å². The molecule has 0 amide bonds. The molecule has 1 saturated heterocycles. The van der Waals surface area contributed by atoms with E-state index in [0.717, 1.165) is 18.6 Å². The summed E-state index contributed by atoms with van der Waals surface area (Å²) in [6.07, 6.45) is 14.1. The summed E-state index contributed by atoms with van der Waals surface area (Å²) in [5.41, 5.74) is 1.44. The third-order valence-corrected chi connectivity index (χ3v) is 5.90. The minimum atomic E-state index is 0.542. The van der Waals surface area contributed by atoms with E-state index in [0.29, 0.717) is 12.1 Å². The van der Waals surface area contributed by atoms with Crippen molar-refractivity contribution >= 4 is 0 Å². The van der Waals surface area contributed by atoms with Crippen LogP contribution in [-0.2, 0) is 0 Å². The van der Waals surface area contributed by atoms with E-state index in [1.54, 1.807) is 0 Å². The molecule has 3 fully saturated rings. The van der Waals surface area contributed by atoms with Crippen molar-refractivity contribution in [3.63, 3.8) is 0 Å². The lowest BCUT2D eigenvalue weighted by atomic mass is 9.92. The maximum atomic E-state index is 4.39. The van der Waals surface area contributed by atoms with Gasteiger partial charge in [0.15, 0.2) is 0 Å². The Morgan fingerprint density at radius 1 is 0.950 bits per heavy atom. The molecule has 3 rings (SSSR count). The van der Waals surface area contributed by atoms with Gasteiger partial charge in [0, 0.05) is 30.7 Å². The van der Waals surface area contributed by atoms with Crippen molar-refractivity contribution in [1.82, 2.24) is 10.2 Å². The Bertz CT molecular complexity index is 326. The van der Waals surface area contributed by atoms with Gasteiger partial charge in [-0.2, -0.15) is 0 Å². The normalized spacial score (nSPS) is 34.8. The average Bonchev–Trinajstić information content (AvgIpc) is 2.77. The van der Waals surface area contributed by atoms with Gasteiger partial charge >= 0.3 is 0 Å². The predicted molar refractivity (Wildman–Crippen MR) is 86.0 cm³/mol. The van der Waals surface area contributed by atoms with Crippen LogP contribution in [0.15, 0.2) is 12.2 Å². The second kappa shape index (κ2) is 6.62. The summed E-state index contributed by atoms with van der Waals surface area (Å²) < 4.78 is 0. The van der Waals surface area contributed by atoms with Crippen molar-refractivity contribution in [1.29, 1.82) is 0 Å².